The molecule has 0 unspecified atom stereocenters. The highest BCUT2D eigenvalue weighted by molar-refractivity contribution is 5.21. The SMILES string of the molecule is C=C/C(=C\C=C/C)N1CCNCC1.CC.CC. The Morgan fingerprint density at radius 3 is 2.06 bits per heavy atom. The standard InChI is InChI=1S/C11H18N2.2C2H6/c1-3-5-6-11(4-2)13-9-7-12-8-10-13;2*1-2/h3-6,12H,2,7-10H2,1H3;2*1-2H3/b5-3-,11-6+;;. The van der Waals surface area contributed by atoms with Gasteiger partial charge in [-0.1, -0.05) is 46.4 Å². The zero-order chi connectivity index (χ0) is 13.5. The predicted molar refractivity (Wildman–Crippen MR) is 80.2 cm³/mol. The van der Waals surface area contributed by atoms with E-state index in [4.69, 9.17) is 0 Å². The molecule has 2 heteroatoms. The lowest BCUT2D eigenvalue weighted by Crippen LogP contribution is -2.42. The third-order valence-corrected chi connectivity index (χ3v) is 2.15. The minimum Gasteiger partial charge on any atom is -0.369 e. The molecule has 0 aromatic carbocycles. The summed E-state index contributed by atoms with van der Waals surface area (Å²) in [6.45, 7) is 18.1. The molecule has 100 valence electrons. The van der Waals surface area contributed by atoms with Gasteiger partial charge in [-0.25, -0.2) is 0 Å². The molecular formula is C15H30N2. The number of nitrogens with one attached hydrogen (secondary N) is 1. The molecule has 1 aliphatic rings. The summed E-state index contributed by atoms with van der Waals surface area (Å²) in [5, 5.41) is 3.33. The van der Waals surface area contributed by atoms with E-state index in [1.807, 2.05) is 46.8 Å². The molecule has 1 N–H and O–H groups in total. The summed E-state index contributed by atoms with van der Waals surface area (Å²) in [6, 6.07) is 0. The van der Waals surface area contributed by atoms with Crippen LogP contribution in [0.5, 0.6) is 0 Å². The van der Waals surface area contributed by atoms with Gasteiger partial charge in [0.05, 0.1) is 0 Å². The van der Waals surface area contributed by atoms with Crippen LogP contribution in [0, 0.1) is 0 Å². The van der Waals surface area contributed by atoms with Gasteiger partial charge < -0.3 is 10.2 Å². The fourth-order valence-electron chi connectivity index (χ4n) is 1.42. The first-order valence-corrected chi connectivity index (χ1v) is 6.79. The third kappa shape index (κ3) is 8.75. The number of nitrogens with zero attached hydrogens (tertiary/aromatic N) is 1. The number of hydrogen-bond donors (Lipinski definition) is 1. The molecule has 0 radical (unpaired) electrons. The molecule has 0 aliphatic carbocycles. The Balaban J connectivity index is 0. The van der Waals surface area contributed by atoms with Crippen molar-refractivity contribution in [2.24, 2.45) is 0 Å². The maximum absolute atomic E-state index is 3.82. The van der Waals surface area contributed by atoms with Crippen LogP contribution >= 0.6 is 0 Å². The molecule has 1 rings (SSSR count). The van der Waals surface area contributed by atoms with Crippen molar-refractivity contribution < 1.29 is 0 Å². The van der Waals surface area contributed by atoms with E-state index in [-0.39, 0.29) is 0 Å². The number of hydrogen-bond acceptors (Lipinski definition) is 2. The average Bonchev–Trinajstić information content (AvgIpc) is 2.45. The van der Waals surface area contributed by atoms with E-state index in [1.54, 1.807) is 0 Å². The zero-order valence-electron chi connectivity index (χ0n) is 12.3. The third-order valence-electron chi connectivity index (χ3n) is 2.15. The van der Waals surface area contributed by atoms with E-state index in [0.717, 1.165) is 26.2 Å². The van der Waals surface area contributed by atoms with E-state index in [0.29, 0.717) is 0 Å². The fourth-order valence-corrected chi connectivity index (χ4v) is 1.42. The van der Waals surface area contributed by atoms with Crippen molar-refractivity contribution in [2.75, 3.05) is 26.2 Å². The van der Waals surface area contributed by atoms with E-state index < -0.39 is 0 Å². The predicted octanol–water partition coefficient (Wildman–Crippen LogP) is 3.59. The number of piperazine rings is 1. The van der Waals surface area contributed by atoms with Crippen molar-refractivity contribution in [3.63, 3.8) is 0 Å². The van der Waals surface area contributed by atoms with Gasteiger partial charge in [0.15, 0.2) is 0 Å². The van der Waals surface area contributed by atoms with Gasteiger partial charge in [-0.3, -0.25) is 0 Å². The summed E-state index contributed by atoms with van der Waals surface area (Å²) in [4.78, 5) is 2.35. The Morgan fingerprint density at radius 2 is 1.65 bits per heavy atom. The highest BCUT2D eigenvalue weighted by Crippen LogP contribution is 2.06. The molecule has 1 saturated heterocycles. The Labute approximate surface area is 108 Å². The van der Waals surface area contributed by atoms with Gasteiger partial charge in [-0.15, -0.1) is 0 Å². The summed E-state index contributed by atoms with van der Waals surface area (Å²) < 4.78 is 0. The van der Waals surface area contributed by atoms with Gasteiger partial charge in [0.25, 0.3) is 0 Å². The molecule has 1 heterocycles. The first kappa shape index (κ1) is 18.3. The number of allylic oxidation sites excluding steroid dienone is 4. The van der Waals surface area contributed by atoms with Crippen LogP contribution < -0.4 is 5.32 Å². The Morgan fingerprint density at radius 1 is 1.12 bits per heavy atom. The summed E-state index contributed by atoms with van der Waals surface area (Å²) in [5.74, 6) is 0. The molecule has 1 fully saturated rings. The molecule has 0 saturated carbocycles. The van der Waals surface area contributed by atoms with Crippen LogP contribution in [0.2, 0.25) is 0 Å². The summed E-state index contributed by atoms with van der Waals surface area (Å²) >= 11 is 0. The van der Waals surface area contributed by atoms with Crippen molar-refractivity contribution >= 4 is 0 Å². The molecule has 0 amide bonds. The molecule has 17 heavy (non-hydrogen) atoms. The first-order valence-electron chi connectivity index (χ1n) is 6.79. The van der Waals surface area contributed by atoms with Crippen molar-refractivity contribution in [1.82, 2.24) is 10.2 Å². The zero-order valence-corrected chi connectivity index (χ0v) is 12.3. The van der Waals surface area contributed by atoms with Crippen LogP contribution in [0.3, 0.4) is 0 Å². The normalized spacial score (nSPS) is 15.6. The second kappa shape index (κ2) is 15.0. The van der Waals surface area contributed by atoms with Gasteiger partial charge in [0, 0.05) is 31.9 Å². The quantitative estimate of drug-likeness (QED) is 0.756. The van der Waals surface area contributed by atoms with Crippen LogP contribution in [-0.4, -0.2) is 31.1 Å². The maximum atomic E-state index is 3.82. The van der Waals surface area contributed by atoms with Gasteiger partial charge in [-0.2, -0.15) is 0 Å². The lowest BCUT2D eigenvalue weighted by Gasteiger charge is -2.30. The van der Waals surface area contributed by atoms with Gasteiger partial charge in [0.2, 0.25) is 0 Å². The smallest absolute Gasteiger partial charge is 0.0361 e. The Bertz CT molecular complexity index is 211. The molecule has 0 spiro atoms. The van der Waals surface area contributed by atoms with Gasteiger partial charge >= 0.3 is 0 Å². The van der Waals surface area contributed by atoms with Crippen LogP contribution in [-0.2, 0) is 0 Å². The van der Waals surface area contributed by atoms with Crippen LogP contribution in [0.4, 0.5) is 0 Å². The molecule has 1 aliphatic heterocycles. The minimum atomic E-state index is 1.07. The molecule has 2 nitrogen and oxygen atoms in total. The Kier molecular flexibility index (Phi) is 16.2. The second-order valence-corrected chi connectivity index (χ2v) is 3.06. The number of rotatable bonds is 3. The van der Waals surface area contributed by atoms with Crippen molar-refractivity contribution in [2.45, 2.75) is 34.6 Å². The largest absolute Gasteiger partial charge is 0.369 e. The lowest BCUT2D eigenvalue weighted by molar-refractivity contribution is 0.307. The van der Waals surface area contributed by atoms with Gasteiger partial charge in [-0.05, 0) is 19.1 Å². The Hall–Kier alpha value is -1.02. The summed E-state index contributed by atoms with van der Waals surface area (Å²) in [5.41, 5.74) is 1.22. The molecule has 0 bridgehead atoms. The highest BCUT2D eigenvalue weighted by Gasteiger charge is 2.09. The molecular weight excluding hydrogens is 208 g/mol. The molecule has 0 aromatic heterocycles. The van der Waals surface area contributed by atoms with Crippen LogP contribution in [0.25, 0.3) is 0 Å². The summed E-state index contributed by atoms with van der Waals surface area (Å²) in [7, 11) is 0. The van der Waals surface area contributed by atoms with Gasteiger partial charge in [0.1, 0.15) is 0 Å². The van der Waals surface area contributed by atoms with Crippen LogP contribution in [0.1, 0.15) is 34.6 Å². The van der Waals surface area contributed by atoms with E-state index in [2.05, 4.69) is 28.9 Å². The fraction of sp³-hybridized carbons (Fsp3) is 0.600. The summed E-state index contributed by atoms with van der Waals surface area (Å²) in [6.07, 6.45) is 8.12. The van der Waals surface area contributed by atoms with Crippen LogP contribution in [0.15, 0.2) is 36.6 Å². The first-order chi connectivity index (χ1) is 8.38. The van der Waals surface area contributed by atoms with Crippen molar-refractivity contribution in [1.29, 1.82) is 0 Å². The topological polar surface area (TPSA) is 15.3 Å². The van der Waals surface area contributed by atoms with E-state index in [1.165, 1.54) is 5.70 Å². The molecule has 0 atom stereocenters. The second-order valence-electron chi connectivity index (χ2n) is 3.06. The van der Waals surface area contributed by atoms with E-state index >= 15 is 0 Å². The lowest BCUT2D eigenvalue weighted by atomic mass is 10.2. The van der Waals surface area contributed by atoms with Crippen molar-refractivity contribution in [3.8, 4) is 0 Å². The average molecular weight is 238 g/mol. The highest BCUT2D eigenvalue weighted by atomic mass is 15.2. The maximum Gasteiger partial charge on any atom is 0.0361 e. The minimum absolute atomic E-state index is 1.07. The monoisotopic (exact) mass is 238 g/mol. The van der Waals surface area contributed by atoms with E-state index in [9.17, 15) is 0 Å². The van der Waals surface area contributed by atoms with Crippen molar-refractivity contribution in [3.05, 3.63) is 36.6 Å². The molecule has 0 aromatic rings.